The van der Waals surface area contributed by atoms with Crippen molar-refractivity contribution >= 4 is 11.9 Å². The second kappa shape index (κ2) is 10.9. The predicted molar refractivity (Wildman–Crippen MR) is 127 cm³/mol. The van der Waals surface area contributed by atoms with Gasteiger partial charge in [0.2, 0.25) is 0 Å². The van der Waals surface area contributed by atoms with Gasteiger partial charge in [-0.2, -0.15) is 0 Å². The van der Waals surface area contributed by atoms with E-state index in [0.717, 1.165) is 18.9 Å². The predicted octanol–water partition coefficient (Wildman–Crippen LogP) is 2.68. The fourth-order valence-electron chi connectivity index (χ4n) is 5.99. The third-order valence-corrected chi connectivity index (χ3v) is 7.97. The molecule has 0 unspecified atom stereocenters. The first-order valence-corrected chi connectivity index (χ1v) is 12.1. The second-order valence-electron chi connectivity index (χ2n) is 9.84. The van der Waals surface area contributed by atoms with Gasteiger partial charge in [-0.25, -0.2) is 9.59 Å². The topological polar surface area (TPSA) is 139 Å². The lowest BCUT2D eigenvalue weighted by Crippen LogP contribution is -2.60. The maximum absolute atomic E-state index is 10.1. The minimum atomic E-state index is -2.27. The summed E-state index contributed by atoms with van der Waals surface area (Å²) in [6.45, 7) is 6.83. The first-order valence-electron chi connectivity index (χ1n) is 12.1. The third-order valence-electron chi connectivity index (χ3n) is 7.97. The van der Waals surface area contributed by atoms with E-state index in [1.807, 2.05) is 6.07 Å². The standard InChI is InChI=1S/C22H31NO.C4H6O6/c1-3-16(2)9-12-23-13-11-22-10-5-4-6-19(22)21(23)14-17-7-8-18(24)15-20(17)22;5-1(3(7)8)2(6)4(9)10/h7-9,15,19,21,24H,3-6,10-14H2,1-2H3;1-2,5-6H,(H,7,8)(H,9,10)/b16-9+;/t19-,21-,22-;1-,2-/m01/s1. The number of phenolic OH excluding ortho intramolecular Hbond substituents is 1. The van der Waals surface area contributed by atoms with Crippen molar-refractivity contribution in [2.75, 3.05) is 13.1 Å². The van der Waals surface area contributed by atoms with Crippen LogP contribution < -0.4 is 0 Å². The zero-order valence-corrected chi connectivity index (χ0v) is 20.0. The number of aliphatic carboxylic acids is 2. The number of piperidine rings is 1. The molecule has 0 radical (unpaired) electrons. The number of carbonyl (C=O) groups is 2. The molecule has 2 fully saturated rings. The summed E-state index contributed by atoms with van der Waals surface area (Å²) in [5, 5.41) is 42.6. The van der Waals surface area contributed by atoms with Crippen LogP contribution in [0.3, 0.4) is 0 Å². The van der Waals surface area contributed by atoms with Crippen molar-refractivity contribution in [2.24, 2.45) is 5.92 Å². The van der Waals surface area contributed by atoms with E-state index in [4.69, 9.17) is 20.4 Å². The monoisotopic (exact) mass is 475 g/mol. The maximum atomic E-state index is 10.1. The Balaban J connectivity index is 0.000000277. The summed E-state index contributed by atoms with van der Waals surface area (Å²) in [5.74, 6) is -2.30. The molecule has 5 atom stereocenters. The quantitative estimate of drug-likeness (QED) is 0.396. The summed E-state index contributed by atoms with van der Waals surface area (Å²) in [7, 11) is 0. The van der Waals surface area contributed by atoms with Gasteiger partial charge in [-0.05, 0) is 74.8 Å². The van der Waals surface area contributed by atoms with E-state index in [9.17, 15) is 14.7 Å². The number of carboxylic acids is 2. The molecule has 2 aliphatic carbocycles. The molecule has 2 bridgehead atoms. The van der Waals surface area contributed by atoms with Gasteiger partial charge in [0.15, 0.2) is 12.2 Å². The smallest absolute Gasteiger partial charge is 0.335 e. The van der Waals surface area contributed by atoms with E-state index in [0.29, 0.717) is 17.2 Å². The number of hydrogen-bond donors (Lipinski definition) is 5. The average Bonchev–Trinajstić information content (AvgIpc) is 2.83. The number of carboxylic acid groups (broad SMARTS) is 2. The molecule has 3 aliphatic rings. The first-order chi connectivity index (χ1) is 16.1. The zero-order chi connectivity index (χ0) is 25.0. The number of benzene rings is 1. The molecule has 1 aliphatic heterocycles. The second-order valence-corrected chi connectivity index (χ2v) is 9.84. The summed E-state index contributed by atoms with van der Waals surface area (Å²) in [4.78, 5) is 22.3. The fraction of sp³-hybridized carbons (Fsp3) is 0.615. The lowest BCUT2D eigenvalue weighted by atomic mass is 9.52. The van der Waals surface area contributed by atoms with Crippen LogP contribution in [0.1, 0.15) is 63.5 Å². The van der Waals surface area contributed by atoms with Crippen molar-refractivity contribution in [2.45, 2.75) is 82.5 Å². The summed E-state index contributed by atoms with van der Waals surface area (Å²) in [6, 6.07) is 6.87. The average molecular weight is 476 g/mol. The van der Waals surface area contributed by atoms with Gasteiger partial charge in [0.1, 0.15) is 5.75 Å². The van der Waals surface area contributed by atoms with Crippen molar-refractivity contribution in [3.05, 3.63) is 41.0 Å². The molecule has 0 aromatic heterocycles. The largest absolute Gasteiger partial charge is 0.508 e. The van der Waals surface area contributed by atoms with Crippen molar-refractivity contribution < 1.29 is 35.1 Å². The van der Waals surface area contributed by atoms with Gasteiger partial charge >= 0.3 is 11.9 Å². The highest BCUT2D eigenvalue weighted by Gasteiger charge is 2.53. The van der Waals surface area contributed by atoms with Crippen molar-refractivity contribution in [1.29, 1.82) is 0 Å². The number of aromatic hydroxyl groups is 1. The molecule has 4 rings (SSSR count). The molecule has 34 heavy (non-hydrogen) atoms. The van der Waals surface area contributed by atoms with Crippen molar-refractivity contribution in [1.82, 2.24) is 4.90 Å². The molecule has 1 saturated heterocycles. The van der Waals surface area contributed by atoms with Crippen LogP contribution >= 0.6 is 0 Å². The Hall–Kier alpha value is -2.42. The van der Waals surface area contributed by atoms with E-state index >= 15 is 0 Å². The number of nitrogens with zero attached hydrogens (tertiary/aromatic N) is 1. The molecule has 0 spiro atoms. The number of hydrogen-bond acceptors (Lipinski definition) is 6. The molecule has 5 N–H and O–H groups in total. The normalized spacial score (nSPS) is 27.9. The Kier molecular flexibility index (Phi) is 8.38. The number of phenols is 1. The molecule has 8 nitrogen and oxygen atoms in total. The lowest BCUT2D eigenvalue weighted by molar-refractivity contribution is -0.165. The van der Waals surface area contributed by atoms with Gasteiger partial charge in [0, 0.05) is 18.0 Å². The molecular formula is C26H37NO7. The minimum Gasteiger partial charge on any atom is -0.508 e. The van der Waals surface area contributed by atoms with Crippen LogP contribution in [0, 0.1) is 5.92 Å². The molecular weight excluding hydrogens is 438 g/mol. The third kappa shape index (κ3) is 5.29. The van der Waals surface area contributed by atoms with E-state index in [1.165, 1.54) is 61.8 Å². The fourth-order valence-corrected chi connectivity index (χ4v) is 5.99. The van der Waals surface area contributed by atoms with E-state index < -0.39 is 24.1 Å². The molecule has 1 aromatic carbocycles. The summed E-state index contributed by atoms with van der Waals surface area (Å²) in [5.41, 5.74) is 4.84. The molecule has 8 heteroatoms. The Morgan fingerprint density at radius 3 is 2.44 bits per heavy atom. The number of likely N-dealkylation sites (tertiary alicyclic amines) is 1. The molecule has 1 aromatic rings. The van der Waals surface area contributed by atoms with Crippen molar-refractivity contribution in [3.8, 4) is 5.75 Å². The first kappa shape index (κ1) is 26.2. The highest BCUT2D eigenvalue weighted by Crippen LogP contribution is 2.56. The lowest BCUT2D eigenvalue weighted by Gasteiger charge is -2.59. The van der Waals surface area contributed by atoms with Gasteiger partial charge in [-0.3, -0.25) is 4.90 Å². The SMILES string of the molecule is CC/C(C)=C/CN1CC[C@@]23CCCC[C@H]2[C@@H]1Cc1ccc(O)cc13.O=C(O)[C@H](O)[C@@H](O)C(=O)O. The Labute approximate surface area is 200 Å². The van der Waals surface area contributed by atoms with Gasteiger partial charge in [0.05, 0.1) is 0 Å². The van der Waals surface area contributed by atoms with Gasteiger partial charge in [-0.1, -0.05) is 37.5 Å². The minimum absolute atomic E-state index is 0.343. The number of aliphatic hydroxyl groups excluding tert-OH is 2. The van der Waals surface area contributed by atoms with Gasteiger partial charge in [-0.15, -0.1) is 0 Å². The van der Waals surface area contributed by atoms with Gasteiger partial charge in [0.25, 0.3) is 0 Å². The molecule has 1 saturated carbocycles. The van der Waals surface area contributed by atoms with E-state index in [2.05, 4.69) is 37.0 Å². The van der Waals surface area contributed by atoms with Crippen LogP contribution in [0.25, 0.3) is 0 Å². The number of allylic oxidation sites excluding steroid dienone is 1. The van der Waals surface area contributed by atoms with Crippen LogP contribution in [0.15, 0.2) is 29.8 Å². The van der Waals surface area contributed by atoms with E-state index in [-0.39, 0.29) is 0 Å². The summed E-state index contributed by atoms with van der Waals surface area (Å²) >= 11 is 0. The van der Waals surface area contributed by atoms with Crippen LogP contribution in [0.2, 0.25) is 0 Å². The van der Waals surface area contributed by atoms with Crippen LogP contribution in [-0.4, -0.2) is 73.7 Å². The summed E-state index contributed by atoms with van der Waals surface area (Å²) in [6.07, 6.45) is 6.94. The zero-order valence-electron chi connectivity index (χ0n) is 20.0. The molecule has 1 heterocycles. The molecule has 188 valence electrons. The Bertz CT molecular complexity index is 912. The Morgan fingerprint density at radius 2 is 1.82 bits per heavy atom. The number of rotatable bonds is 6. The molecule has 0 amide bonds. The number of aliphatic hydroxyl groups is 2. The van der Waals surface area contributed by atoms with Crippen LogP contribution in [0.4, 0.5) is 0 Å². The number of fused-ring (bicyclic) bond motifs is 1. The highest BCUT2D eigenvalue weighted by atomic mass is 16.4. The van der Waals surface area contributed by atoms with Crippen LogP contribution in [-0.2, 0) is 21.4 Å². The van der Waals surface area contributed by atoms with Crippen molar-refractivity contribution in [3.63, 3.8) is 0 Å². The highest BCUT2D eigenvalue weighted by molar-refractivity contribution is 5.83. The van der Waals surface area contributed by atoms with E-state index in [1.54, 1.807) is 0 Å². The summed E-state index contributed by atoms with van der Waals surface area (Å²) < 4.78 is 0. The maximum Gasteiger partial charge on any atom is 0.335 e. The Morgan fingerprint density at radius 1 is 1.15 bits per heavy atom. The van der Waals surface area contributed by atoms with Gasteiger partial charge < -0.3 is 25.5 Å². The van der Waals surface area contributed by atoms with Crippen LogP contribution in [0.5, 0.6) is 5.75 Å².